The number of methoxy groups -OCH3 is 1. The van der Waals surface area contributed by atoms with Gasteiger partial charge in [0.05, 0.1) is 10.9 Å². The van der Waals surface area contributed by atoms with Gasteiger partial charge in [0.2, 0.25) is 5.78 Å². The quantitative estimate of drug-likeness (QED) is 0.271. The Bertz CT molecular complexity index is 1150. The van der Waals surface area contributed by atoms with Gasteiger partial charge in [-0.1, -0.05) is 30.3 Å². The van der Waals surface area contributed by atoms with Crippen LogP contribution < -0.4 is 5.56 Å². The molecule has 3 aromatic heterocycles. The van der Waals surface area contributed by atoms with E-state index in [0.29, 0.717) is 24.3 Å². The van der Waals surface area contributed by atoms with Crippen LogP contribution in [0.4, 0.5) is 0 Å². The summed E-state index contributed by atoms with van der Waals surface area (Å²) in [7, 11) is 1.67. The van der Waals surface area contributed by atoms with Crippen molar-refractivity contribution >= 4 is 28.4 Å². The summed E-state index contributed by atoms with van der Waals surface area (Å²) in [6.07, 6.45) is 7.87. The molecule has 4 aromatic rings. The highest BCUT2D eigenvalue weighted by molar-refractivity contribution is 7.99. The molecule has 0 spiro atoms. The van der Waals surface area contributed by atoms with Crippen LogP contribution >= 0.6 is 11.8 Å². The molecule has 9 heteroatoms. The molecule has 0 atom stereocenters. The third-order valence-electron chi connectivity index (χ3n) is 5.03. The molecule has 0 radical (unpaired) electrons. The van der Waals surface area contributed by atoms with Crippen LogP contribution in [-0.4, -0.2) is 48.4 Å². The molecule has 8 nitrogen and oxygen atoms in total. The number of hydrogen-bond donors (Lipinski definition) is 0. The molecule has 0 saturated carbocycles. The van der Waals surface area contributed by atoms with Crippen LogP contribution in [0.25, 0.3) is 16.7 Å². The summed E-state index contributed by atoms with van der Waals surface area (Å²) in [6.45, 7) is 2.10. The number of para-hydroxylation sites is 1. The summed E-state index contributed by atoms with van der Waals surface area (Å²) < 4.78 is 10.8. The zero-order valence-electron chi connectivity index (χ0n) is 17.1. The molecule has 0 aliphatic carbocycles. The third-order valence-corrected chi connectivity index (χ3v) is 6.05. The van der Waals surface area contributed by atoms with Crippen molar-refractivity contribution < 1.29 is 4.74 Å². The molecule has 0 saturated heterocycles. The Kier molecular flexibility index (Phi) is 6.81. The number of benzene rings is 1. The van der Waals surface area contributed by atoms with E-state index in [2.05, 4.69) is 15.3 Å². The second-order valence-electron chi connectivity index (χ2n) is 7.12. The fourth-order valence-corrected chi connectivity index (χ4v) is 4.48. The Balaban J connectivity index is 1.50. The third kappa shape index (κ3) is 4.41. The minimum Gasteiger partial charge on any atom is -0.385 e. The Morgan fingerprint density at radius 3 is 2.77 bits per heavy atom. The fourth-order valence-electron chi connectivity index (χ4n) is 3.54. The first-order valence-corrected chi connectivity index (χ1v) is 11.2. The lowest BCUT2D eigenvalue weighted by atomic mass is 10.2. The molecule has 0 unspecified atom stereocenters. The van der Waals surface area contributed by atoms with E-state index in [-0.39, 0.29) is 5.56 Å². The molecule has 4 rings (SSSR count). The van der Waals surface area contributed by atoms with Gasteiger partial charge in [-0.3, -0.25) is 18.4 Å². The number of thioether (sulfide) groups is 1. The van der Waals surface area contributed by atoms with E-state index >= 15 is 0 Å². The first kappa shape index (κ1) is 20.6. The number of ether oxygens (including phenoxy) is 1. The van der Waals surface area contributed by atoms with Crippen molar-refractivity contribution in [1.29, 1.82) is 0 Å². The zero-order valence-corrected chi connectivity index (χ0v) is 17.9. The molecule has 30 heavy (non-hydrogen) atoms. The van der Waals surface area contributed by atoms with E-state index in [4.69, 9.17) is 4.74 Å². The molecule has 0 aliphatic heterocycles. The Morgan fingerprint density at radius 1 is 1.03 bits per heavy atom. The molecule has 0 bridgehead atoms. The zero-order chi connectivity index (χ0) is 20.8. The number of hydrogen-bond acceptors (Lipinski definition) is 6. The average Bonchev–Trinajstić information content (AvgIpc) is 3.43. The van der Waals surface area contributed by atoms with Crippen LogP contribution in [0.2, 0.25) is 0 Å². The molecule has 3 heterocycles. The largest absolute Gasteiger partial charge is 0.385 e. The molecule has 0 fully saturated rings. The topological polar surface area (TPSA) is 79.2 Å². The molecule has 0 amide bonds. The summed E-state index contributed by atoms with van der Waals surface area (Å²) in [5.74, 6) is 1.55. The van der Waals surface area contributed by atoms with E-state index in [1.54, 1.807) is 23.4 Å². The molecule has 158 valence electrons. The predicted octanol–water partition coefficient (Wildman–Crippen LogP) is 3.24. The highest BCUT2D eigenvalue weighted by atomic mass is 32.2. The van der Waals surface area contributed by atoms with E-state index in [0.717, 1.165) is 48.7 Å². The normalized spacial score (nSPS) is 11.6. The number of nitrogens with zero attached hydrogens (tertiary/aromatic N) is 6. The van der Waals surface area contributed by atoms with Crippen LogP contribution in [0.15, 0.2) is 52.7 Å². The Labute approximate surface area is 178 Å². The van der Waals surface area contributed by atoms with E-state index in [1.807, 2.05) is 51.8 Å². The monoisotopic (exact) mass is 426 g/mol. The predicted molar refractivity (Wildman–Crippen MR) is 118 cm³/mol. The first-order valence-electron chi connectivity index (χ1n) is 10.3. The average molecular weight is 427 g/mol. The maximum atomic E-state index is 13.0. The van der Waals surface area contributed by atoms with Gasteiger partial charge in [-0.05, 0) is 37.5 Å². The maximum absolute atomic E-state index is 13.0. The van der Waals surface area contributed by atoms with Gasteiger partial charge in [0.15, 0.2) is 5.16 Å². The van der Waals surface area contributed by atoms with Crippen LogP contribution in [0.3, 0.4) is 0 Å². The van der Waals surface area contributed by atoms with E-state index in [9.17, 15) is 4.79 Å². The molecular formula is C21H26N6O2S. The van der Waals surface area contributed by atoms with Crippen LogP contribution in [0.5, 0.6) is 0 Å². The Hall–Kier alpha value is -2.65. The molecular weight excluding hydrogens is 400 g/mol. The van der Waals surface area contributed by atoms with Gasteiger partial charge in [-0.15, -0.1) is 10.2 Å². The van der Waals surface area contributed by atoms with Gasteiger partial charge in [0, 0.05) is 45.0 Å². The van der Waals surface area contributed by atoms with Crippen molar-refractivity contribution in [2.75, 3.05) is 19.5 Å². The summed E-state index contributed by atoms with van der Waals surface area (Å²) in [5, 5.41) is 14.5. The SMILES string of the molecule is COCCCn1c(=O)c2ccccc2n2c(SCCCCCn3cccn3)nnc12. The molecule has 1 aromatic carbocycles. The second-order valence-corrected chi connectivity index (χ2v) is 8.18. The van der Waals surface area contributed by atoms with Crippen molar-refractivity contribution in [3.05, 3.63) is 53.1 Å². The van der Waals surface area contributed by atoms with Gasteiger partial charge in [0.1, 0.15) is 0 Å². The van der Waals surface area contributed by atoms with Crippen molar-refractivity contribution in [2.24, 2.45) is 0 Å². The standard InChI is InChI=1S/C21H26N6O2S/c1-29-15-8-14-26-19(28)17-9-3-4-10-18(17)27-20(26)23-24-21(27)30-16-6-2-5-12-25-13-7-11-22-25/h3-4,7,9-11,13H,2,5-6,8,12,14-16H2,1H3. The number of aromatic nitrogens is 6. The number of rotatable bonds is 11. The van der Waals surface area contributed by atoms with E-state index < -0.39 is 0 Å². The lowest BCUT2D eigenvalue weighted by Crippen LogP contribution is -2.24. The highest BCUT2D eigenvalue weighted by Crippen LogP contribution is 2.22. The van der Waals surface area contributed by atoms with Crippen LogP contribution in [-0.2, 0) is 17.8 Å². The first-order chi connectivity index (χ1) is 14.8. The minimum absolute atomic E-state index is 0.0308. The second kappa shape index (κ2) is 9.90. The highest BCUT2D eigenvalue weighted by Gasteiger charge is 2.16. The van der Waals surface area contributed by atoms with Gasteiger partial charge in [-0.25, -0.2) is 0 Å². The lowest BCUT2D eigenvalue weighted by Gasteiger charge is -2.11. The molecule has 0 aliphatic rings. The summed E-state index contributed by atoms with van der Waals surface area (Å²) in [4.78, 5) is 13.0. The Morgan fingerprint density at radius 2 is 1.93 bits per heavy atom. The van der Waals surface area contributed by atoms with Gasteiger partial charge in [0.25, 0.3) is 5.56 Å². The van der Waals surface area contributed by atoms with Crippen molar-refractivity contribution in [3.8, 4) is 0 Å². The summed E-state index contributed by atoms with van der Waals surface area (Å²) >= 11 is 1.69. The summed E-state index contributed by atoms with van der Waals surface area (Å²) in [5.41, 5.74) is 0.823. The smallest absolute Gasteiger partial charge is 0.262 e. The number of aryl methyl sites for hydroxylation is 2. The summed E-state index contributed by atoms with van der Waals surface area (Å²) in [6, 6.07) is 9.62. The van der Waals surface area contributed by atoms with Crippen molar-refractivity contribution in [2.45, 2.75) is 43.9 Å². The lowest BCUT2D eigenvalue weighted by molar-refractivity contribution is 0.190. The number of fused-ring (bicyclic) bond motifs is 3. The van der Waals surface area contributed by atoms with Crippen LogP contribution in [0, 0.1) is 0 Å². The van der Waals surface area contributed by atoms with E-state index in [1.165, 1.54) is 0 Å². The van der Waals surface area contributed by atoms with Gasteiger partial charge in [-0.2, -0.15) is 5.10 Å². The van der Waals surface area contributed by atoms with Gasteiger partial charge < -0.3 is 4.74 Å². The van der Waals surface area contributed by atoms with Crippen LogP contribution in [0.1, 0.15) is 25.7 Å². The fraction of sp³-hybridized carbons (Fsp3) is 0.429. The minimum atomic E-state index is -0.0308. The maximum Gasteiger partial charge on any atom is 0.262 e. The van der Waals surface area contributed by atoms with Crippen molar-refractivity contribution in [3.63, 3.8) is 0 Å². The van der Waals surface area contributed by atoms with Gasteiger partial charge >= 0.3 is 0 Å². The number of unbranched alkanes of at least 4 members (excludes halogenated alkanes) is 2. The van der Waals surface area contributed by atoms with Crippen molar-refractivity contribution in [1.82, 2.24) is 28.9 Å². The molecule has 0 N–H and O–H groups in total.